The van der Waals surface area contributed by atoms with Crippen molar-refractivity contribution in [2.45, 2.75) is 0 Å². The quantitative estimate of drug-likeness (QED) is 0.505. The third-order valence-corrected chi connectivity index (χ3v) is 2.56. The predicted octanol–water partition coefficient (Wildman–Crippen LogP) is 3.13. The van der Waals surface area contributed by atoms with Crippen molar-refractivity contribution in [1.82, 2.24) is 0 Å². The number of rotatable bonds is 3. The molecule has 2 N–H and O–H groups in total. The summed E-state index contributed by atoms with van der Waals surface area (Å²) >= 11 is 0. The molecule has 0 saturated heterocycles. The smallest absolute Gasteiger partial charge is 0.185 e. The zero-order valence-corrected chi connectivity index (χ0v) is 9.88. The molecule has 0 fully saturated rings. The monoisotopic (exact) mass is 258 g/mol. The Labute approximate surface area is 109 Å². The minimum absolute atomic E-state index is 0.220. The van der Waals surface area contributed by atoms with Crippen LogP contribution >= 0.6 is 0 Å². The number of benzene rings is 2. The molecule has 19 heavy (non-hydrogen) atoms. The third kappa shape index (κ3) is 3.19. The van der Waals surface area contributed by atoms with Crippen LogP contribution in [0.3, 0.4) is 0 Å². The second kappa shape index (κ2) is 5.35. The first-order valence-electron chi connectivity index (χ1n) is 5.56. The Hall–Kier alpha value is -2.62. The van der Waals surface area contributed by atoms with Crippen molar-refractivity contribution in [3.8, 4) is 11.5 Å². The summed E-state index contributed by atoms with van der Waals surface area (Å²) in [5.74, 6) is -1.14. The van der Waals surface area contributed by atoms with Gasteiger partial charge in [-0.25, -0.2) is 4.39 Å². The highest BCUT2D eigenvalue weighted by atomic mass is 19.1. The zero-order chi connectivity index (χ0) is 13.8. The molecule has 0 saturated carbocycles. The summed E-state index contributed by atoms with van der Waals surface area (Å²) in [5, 5.41) is 18.5. The van der Waals surface area contributed by atoms with Gasteiger partial charge in [-0.1, -0.05) is 12.1 Å². The molecule has 0 radical (unpaired) electrons. The molecule has 0 aliphatic carbocycles. The lowest BCUT2D eigenvalue weighted by Crippen LogP contribution is -1.93. The van der Waals surface area contributed by atoms with Crippen LogP contribution in [-0.2, 0) is 0 Å². The molecule has 2 rings (SSSR count). The number of carbonyl (C=O) groups excluding carboxylic acids is 1. The summed E-state index contributed by atoms with van der Waals surface area (Å²) in [6.45, 7) is 0. The van der Waals surface area contributed by atoms with E-state index in [0.29, 0.717) is 11.1 Å². The number of carbonyl (C=O) groups is 1. The van der Waals surface area contributed by atoms with E-state index in [2.05, 4.69) is 0 Å². The lowest BCUT2D eigenvalue weighted by Gasteiger charge is -1.99. The van der Waals surface area contributed by atoms with Crippen LogP contribution in [0.2, 0.25) is 0 Å². The van der Waals surface area contributed by atoms with Gasteiger partial charge in [0.1, 0.15) is 5.82 Å². The van der Waals surface area contributed by atoms with Gasteiger partial charge in [0, 0.05) is 5.56 Å². The summed E-state index contributed by atoms with van der Waals surface area (Å²) in [7, 11) is 0. The van der Waals surface area contributed by atoms with Crippen molar-refractivity contribution in [2.75, 3.05) is 0 Å². The number of aromatic hydroxyl groups is 2. The van der Waals surface area contributed by atoms with Crippen molar-refractivity contribution in [3.05, 3.63) is 65.5 Å². The van der Waals surface area contributed by atoms with E-state index in [4.69, 9.17) is 5.11 Å². The largest absolute Gasteiger partial charge is 0.504 e. The highest BCUT2D eigenvalue weighted by Gasteiger charge is 2.02. The van der Waals surface area contributed by atoms with E-state index in [1.165, 1.54) is 48.6 Å². The van der Waals surface area contributed by atoms with E-state index in [1.54, 1.807) is 6.07 Å². The molecule has 2 aromatic carbocycles. The van der Waals surface area contributed by atoms with Gasteiger partial charge < -0.3 is 10.2 Å². The predicted molar refractivity (Wildman–Crippen MR) is 69.5 cm³/mol. The Morgan fingerprint density at radius 2 is 1.68 bits per heavy atom. The standard InChI is InChI=1S/C15H11FO3/c16-12-5-3-11(4-6-12)13(17)7-1-10-2-8-14(18)15(19)9-10/h1-9,18-19H/b7-1-. The minimum Gasteiger partial charge on any atom is -0.504 e. The van der Waals surface area contributed by atoms with Crippen molar-refractivity contribution in [1.29, 1.82) is 0 Å². The maximum Gasteiger partial charge on any atom is 0.185 e. The van der Waals surface area contributed by atoms with Gasteiger partial charge in [0.15, 0.2) is 17.3 Å². The van der Waals surface area contributed by atoms with Crippen LogP contribution < -0.4 is 0 Å². The van der Waals surface area contributed by atoms with Gasteiger partial charge in [0.05, 0.1) is 0 Å². The maximum atomic E-state index is 12.7. The van der Waals surface area contributed by atoms with Crippen LogP contribution in [0.1, 0.15) is 15.9 Å². The fourth-order valence-corrected chi connectivity index (χ4v) is 1.53. The van der Waals surface area contributed by atoms with Crippen LogP contribution in [0.15, 0.2) is 48.5 Å². The number of hydrogen-bond acceptors (Lipinski definition) is 3. The van der Waals surface area contributed by atoms with E-state index in [0.717, 1.165) is 0 Å². The molecule has 0 aromatic heterocycles. The van der Waals surface area contributed by atoms with Crippen molar-refractivity contribution in [2.24, 2.45) is 0 Å². The van der Waals surface area contributed by atoms with Gasteiger partial charge >= 0.3 is 0 Å². The molecule has 3 nitrogen and oxygen atoms in total. The number of allylic oxidation sites excluding steroid dienone is 1. The Morgan fingerprint density at radius 3 is 2.32 bits per heavy atom. The number of phenols is 2. The molecule has 4 heteroatoms. The van der Waals surface area contributed by atoms with E-state index in [-0.39, 0.29) is 17.3 Å². The molecule has 2 aromatic rings. The van der Waals surface area contributed by atoms with Crippen LogP contribution in [-0.4, -0.2) is 16.0 Å². The van der Waals surface area contributed by atoms with Gasteiger partial charge in [0.25, 0.3) is 0 Å². The Morgan fingerprint density at radius 1 is 1.00 bits per heavy atom. The molecule has 0 aliphatic rings. The highest BCUT2D eigenvalue weighted by Crippen LogP contribution is 2.25. The van der Waals surface area contributed by atoms with Crippen molar-refractivity contribution in [3.63, 3.8) is 0 Å². The molecule has 0 unspecified atom stereocenters. The highest BCUT2D eigenvalue weighted by molar-refractivity contribution is 6.06. The number of phenolic OH excluding ortho intramolecular Hbond substituents is 2. The van der Waals surface area contributed by atoms with Gasteiger partial charge in [0.2, 0.25) is 0 Å². The fourth-order valence-electron chi connectivity index (χ4n) is 1.53. The Bertz CT molecular complexity index is 630. The lowest BCUT2D eigenvalue weighted by atomic mass is 10.1. The van der Waals surface area contributed by atoms with Gasteiger partial charge in [-0.15, -0.1) is 0 Å². The number of hydrogen-bond donors (Lipinski definition) is 2. The Kier molecular flexibility index (Phi) is 3.61. The van der Waals surface area contributed by atoms with Crippen molar-refractivity contribution >= 4 is 11.9 Å². The average molecular weight is 258 g/mol. The Balaban J connectivity index is 2.15. The molecule has 0 bridgehead atoms. The molecule has 0 atom stereocenters. The van der Waals surface area contributed by atoms with E-state index in [1.807, 2.05) is 0 Å². The summed E-state index contributed by atoms with van der Waals surface area (Å²) in [4.78, 5) is 11.8. The number of halogens is 1. The van der Waals surface area contributed by atoms with Crippen LogP contribution in [0.25, 0.3) is 6.08 Å². The molecule has 0 amide bonds. The van der Waals surface area contributed by atoms with Crippen LogP contribution in [0, 0.1) is 5.82 Å². The fraction of sp³-hybridized carbons (Fsp3) is 0. The number of ketones is 1. The second-order valence-electron chi connectivity index (χ2n) is 3.95. The second-order valence-corrected chi connectivity index (χ2v) is 3.95. The molecule has 0 heterocycles. The SMILES string of the molecule is O=C(/C=C\c1ccc(O)c(O)c1)c1ccc(F)cc1. The third-order valence-electron chi connectivity index (χ3n) is 2.56. The lowest BCUT2D eigenvalue weighted by molar-refractivity contribution is 0.104. The maximum absolute atomic E-state index is 12.7. The van der Waals surface area contributed by atoms with Crippen LogP contribution in [0.5, 0.6) is 11.5 Å². The minimum atomic E-state index is -0.399. The molecule has 96 valence electrons. The van der Waals surface area contributed by atoms with E-state index >= 15 is 0 Å². The first-order chi connectivity index (χ1) is 9.06. The summed E-state index contributed by atoms with van der Waals surface area (Å²) in [6.07, 6.45) is 2.82. The first kappa shape index (κ1) is 12.8. The van der Waals surface area contributed by atoms with Crippen LogP contribution in [0.4, 0.5) is 4.39 Å². The van der Waals surface area contributed by atoms with Gasteiger partial charge in [-0.3, -0.25) is 4.79 Å². The van der Waals surface area contributed by atoms with Gasteiger partial charge in [-0.2, -0.15) is 0 Å². The normalized spacial score (nSPS) is 10.8. The van der Waals surface area contributed by atoms with E-state index in [9.17, 15) is 14.3 Å². The van der Waals surface area contributed by atoms with E-state index < -0.39 is 5.82 Å². The average Bonchev–Trinajstić information content (AvgIpc) is 2.40. The van der Waals surface area contributed by atoms with Gasteiger partial charge in [-0.05, 0) is 48.0 Å². The molecular weight excluding hydrogens is 247 g/mol. The van der Waals surface area contributed by atoms with Crippen molar-refractivity contribution < 1.29 is 19.4 Å². The molecular formula is C15H11FO3. The first-order valence-corrected chi connectivity index (χ1v) is 5.56. The topological polar surface area (TPSA) is 57.5 Å². The summed E-state index contributed by atoms with van der Waals surface area (Å²) in [5.41, 5.74) is 0.950. The summed E-state index contributed by atoms with van der Waals surface area (Å²) in [6, 6.07) is 9.46. The molecule has 0 spiro atoms. The molecule has 0 aliphatic heterocycles. The summed E-state index contributed by atoms with van der Waals surface area (Å²) < 4.78 is 12.7. The zero-order valence-electron chi connectivity index (χ0n) is 9.88.